The highest BCUT2D eigenvalue weighted by atomic mass is 32.2. The van der Waals surface area contributed by atoms with E-state index in [9.17, 15) is 22.4 Å². The van der Waals surface area contributed by atoms with Crippen molar-refractivity contribution >= 4 is 27.5 Å². The third-order valence-electron chi connectivity index (χ3n) is 6.63. The highest BCUT2D eigenvalue weighted by Crippen LogP contribution is 2.28. The molecule has 40 heavy (non-hydrogen) atoms. The van der Waals surface area contributed by atoms with E-state index >= 15 is 0 Å². The van der Waals surface area contributed by atoms with Crippen molar-refractivity contribution in [1.29, 1.82) is 0 Å². The van der Waals surface area contributed by atoms with E-state index < -0.39 is 34.3 Å². The third-order valence-corrected chi connectivity index (χ3v) is 8.40. The molecule has 0 aliphatic heterocycles. The van der Waals surface area contributed by atoms with Crippen molar-refractivity contribution in [1.82, 2.24) is 10.2 Å². The molecule has 7 nitrogen and oxygen atoms in total. The molecule has 0 bridgehead atoms. The summed E-state index contributed by atoms with van der Waals surface area (Å²) < 4.78 is 42.6. The van der Waals surface area contributed by atoms with Gasteiger partial charge in [0.1, 0.15) is 18.4 Å². The van der Waals surface area contributed by atoms with Crippen LogP contribution in [0.4, 0.5) is 10.1 Å². The fourth-order valence-electron chi connectivity index (χ4n) is 4.26. The third kappa shape index (κ3) is 7.69. The van der Waals surface area contributed by atoms with Crippen LogP contribution >= 0.6 is 0 Å². The summed E-state index contributed by atoms with van der Waals surface area (Å²) in [6.45, 7) is 11.0. The molecule has 0 spiro atoms. The maximum atomic E-state index is 14.0. The highest BCUT2D eigenvalue weighted by molar-refractivity contribution is 7.92. The van der Waals surface area contributed by atoms with E-state index in [0.717, 1.165) is 15.4 Å². The molecule has 0 radical (unpaired) electrons. The first kappa shape index (κ1) is 30.8. The van der Waals surface area contributed by atoms with Crippen molar-refractivity contribution in [2.75, 3.05) is 17.4 Å². The number of nitrogens with one attached hydrogen (secondary N) is 1. The minimum Gasteiger partial charge on any atom is -0.354 e. The fraction of sp³-hybridized carbons (Fsp3) is 0.355. The summed E-state index contributed by atoms with van der Waals surface area (Å²) in [7, 11) is -4.15. The maximum absolute atomic E-state index is 14.0. The summed E-state index contributed by atoms with van der Waals surface area (Å²) in [5.41, 5.74) is 3.53. The second-order valence-electron chi connectivity index (χ2n) is 10.6. The average Bonchev–Trinajstić information content (AvgIpc) is 2.90. The van der Waals surface area contributed by atoms with Crippen molar-refractivity contribution in [3.05, 3.63) is 94.8 Å². The number of rotatable bonds is 11. The Labute approximate surface area is 237 Å². The monoisotopic (exact) mass is 567 g/mol. The summed E-state index contributed by atoms with van der Waals surface area (Å²) in [5.74, 6) is -1.14. The Balaban J connectivity index is 2.04. The largest absolute Gasteiger partial charge is 0.354 e. The molecule has 0 aliphatic rings. The van der Waals surface area contributed by atoms with Gasteiger partial charge in [-0.1, -0.05) is 61.4 Å². The average molecular weight is 568 g/mol. The molecular formula is C31H38FN3O4S. The number of nitrogens with zero attached hydrogens (tertiary/aromatic N) is 2. The predicted octanol–water partition coefficient (Wildman–Crippen LogP) is 5.14. The lowest BCUT2D eigenvalue weighted by molar-refractivity contribution is -0.139. The van der Waals surface area contributed by atoms with E-state index in [1.54, 1.807) is 50.2 Å². The van der Waals surface area contributed by atoms with Gasteiger partial charge in [0.2, 0.25) is 11.8 Å². The SMILES string of the molecule is Cc1ccc(S(=O)(=O)N(CC(=O)N(Cc2ccc(F)cc2)C(C)C(=O)NCC(C)C)c2ccc(C)cc2C)cc1. The molecule has 3 aromatic rings. The molecule has 0 fully saturated rings. The Bertz CT molecular complexity index is 1440. The second-order valence-corrected chi connectivity index (χ2v) is 12.4. The van der Waals surface area contributed by atoms with Crippen LogP contribution in [0.5, 0.6) is 0 Å². The van der Waals surface area contributed by atoms with Crippen LogP contribution < -0.4 is 9.62 Å². The number of anilines is 1. The Hall–Kier alpha value is -3.72. The molecule has 9 heteroatoms. The van der Waals surface area contributed by atoms with Crippen LogP contribution in [-0.2, 0) is 26.2 Å². The van der Waals surface area contributed by atoms with Gasteiger partial charge in [0.15, 0.2) is 0 Å². The zero-order chi connectivity index (χ0) is 29.6. The van der Waals surface area contributed by atoms with Crippen molar-refractivity contribution in [2.24, 2.45) is 5.92 Å². The van der Waals surface area contributed by atoms with Gasteiger partial charge in [-0.15, -0.1) is 0 Å². The van der Waals surface area contributed by atoms with E-state index in [4.69, 9.17) is 0 Å². The van der Waals surface area contributed by atoms with Crippen LogP contribution in [0.1, 0.15) is 43.0 Å². The second kappa shape index (κ2) is 13.1. The zero-order valence-electron chi connectivity index (χ0n) is 23.9. The number of hydrogen-bond donors (Lipinski definition) is 1. The van der Waals surface area contributed by atoms with Gasteiger partial charge < -0.3 is 10.2 Å². The summed E-state index contributed by atoms with van der Waals surface area (Å²) in [5, 5.41) is 2.85. The van der Waals surface area contributed by atoms with Gasteiger partial charge in [0, 0.05) is 13.1 Å². The Morgan fingerprint density at radius 2 is 1.48 bits per heavy atom. The molecule has 0 aromatic heterocycles. The summed E-state index contributed by atoms with van der Waals surface area (Å²) in [6, 6.07) is 16.5. The van der Waals surface area contributed by atoms with Gasteiger partial charge >= 0.3 is 0 Å². The van der Waals surface area contributed by atoms with Crippen molar-refractivity contribution < 1.29 is 22.4 Å². The van der Waals surface area contributed by atoms with Gasteiger partial charge in [-0.3, -0.25) is 13.9 Å². The maximum Gasteiger partial charge on any atom is 0.264 e. The smallest absolute Gasteiger partial charge is 0.264 e. The normalized spacial score (nSPS) is 12.2. The first-order chi connectivity index (χ1) is 18.8. The molecule has 3 aromatic carbocycles. The topological polar surface area (TPSA) is 86.8 Å². The van der Waals surface area contributed by atoms with Crippen LogP contribution in [0, 0.1) is 32.5 Å². The molecular weight excluding hydrogens is 529 g/mol. The molecule has 3 rings (SSSR count). The zero-order valence-corrected chi connectivity index (χ0v) is 24.8. The molecule has 0 saturated heterocycles. The quantitative estimate of drug-likeness (QED) is 0.348. The van der Waals surface area contributed by atoms with Crippen LogP contribution in [0.25, 0.3) is 0 Å². The summed E-state index contributed by atoms with van der Waals surface area (Å²) >= 11 is 0. The van der Waals surface area contributed by atoms with Gasteiger partial charge in [0.05, 0.1) is 10.6 Å². The number of aryl methyl sites for hydroxylation is 3. The van der Waals surface area contributed by atoms with Crippen molar-refractivity contribution in [2.45, 2.75) is 59.0 Å². The van der Waals surface area contributed by atoms with Gasteiger partial charge in [-0.25, -0.2) is 12.8 Å². The molecule has 214 valence electrons. The fourth-order valence-corrected chi connectivity index (χ4v) is 5.74. The summed E-state index contributed by atoms with van der Waals surface area (Å²) in [4.78, 5) is 28.4. The van der Waals surface area contributed by atoms with Gasteiger partial charge in [-0.2, -0.15) is 0 Å². The molecule has 0 aliphatic carbocycles. The van der Waals surface area contributed by atoms with Crippen LogP contribution in [0.2, 0.25) is 0 Å². The van der Waals surface area contributed by atoms with E-state index in [1.165, 1.54) is 29.2 Å². The van der Waals surface area contributed by atoms with Crippen LogP contribution in [0.15, 0.2) is 71.6 Å². The van der Waals surface area contributed by atoms with E-state index in [-0.39, 0.29) is 23.3 Å². The number of benzene rings is 3. The Kier molecular flexibility index (Phi) is 10.1. The number of hydrogen-bond acceptors (Lipinski definition) is 4. The highest BCUT2D eigenvalue weighted by Gasteiger charge is 2.33. The Morgan fingerprint density at radius 1 is 0.875 bits per heavy atom. The van der Waals surface area contributed by atoms with Gasteiger partial charge in [0.25, 0.3) is 10.0 Å². The Morgan fingerprint density at radius 3 is 2.05 bits per heavy atom. The first-order valence-corrected chi connectivity index (χ1v) is 14.7. The molecule has 0 heterocycles. The lowest BCUT2D eigenvalue weighted by atomic mass is 10.1. The van der Waals surface area contributed by atoms with Crippen molar-refractivity contribution in [3.63, 3.8) is 0 Å². The van der Waals surface area contributed by atoms with E-state index in [1.807, 2.05) is 33.8 Å². The lowest BCUT2D eigenvalue weighted by Crippen LogP contribution is -2.51. The van der Waals surface area contributed by atoms with E-state index in [0.29, 0.717) is 23.4 Å². The standard InChI is InChI=1S/C31H38FN3O4S/c1-21(2)18-33-31(37)25(6)34(19-26-10-12-27(32)13-11-26)30(36)20-35(29-16-9-23(4)17-24(29)5)40(38,39)28-14-7-22(3)8-15-28/h7-17,21,25H,18-20H2,1-6H3,(H,33,37). The van der Waals surface area contributed by atoms with Crippen molar-refractivity contribution in [3.8, 4) is 0 Å². The molecule has 0 saturated carbocycles. The molecule has 1 N–H and O–H groups in total. The predicted molar refractivity (Wildman–Crippen MR) is 156 cm³/mol. The number of halogens is 1. The van der Waals surface area contributed by atoms with E-state index in [2.05, 4.69) is 5.32 Å². The molecule has 2 amide bonds. The van der Waals surface area contributed by atoms with Crippen LogP contribution in [0.3, 0.4) is 0 Å². The first-order valence-electron chi connectivity index (χ1n) is 13.3. The number of amides is 2. The number of carbonyl (C=O) groups is 2. The molecule has 1 unspecified atom stereocenters. The van der Waals surface area contributed by atoms with Gasteiger partial charge in [-0.05, 0) is 75.1 Å². The number of carbonyl (C=O) groups excluding carboxylic acids is 2. The summed E-state index contributed by atoms with van der Waals surface area (Å²) in [6.07, 6.45) is 0. The van der Waals surface area contributed by atoms with Crippen LogP contribution in [-0.4, -0.2) is 44.3 Å². The lowest BCUT2D eigenvalue weighted by Gasteiger charge is -2.32. The number of sulfonamides is 1. The minimum atomic E-state index is -4.15. The molecule has 1 atom stereocenters. The minimum absolute atomic E-state index is 0.000672.